The van der Waals surface area contributed by atoms with Gasteiger partial charge in [-0.15, -0.1) is 0 Å². The van der Waals surface area contributed by atoms with Crippen molar-refractivity contribution in [2.24, 2.45) is 0 Å². The van der Waals surface area contributed by atoms with Crippen LogP contribution in [-0.2, 0) is 0 Å². The number of carbonyl (C=O) groups is 3. The molecule has 7 nitrogen and oxygen atoms in total. The number of hydrogen-bond donors (Lipinski definition) is 1. The van der Waals surface area contributed by atoms with Gasteiger partial charge < -0.3 is 5.11 Å². The minimum atomic E-state index is -1.02. The van der Waals surface area contributed by atoms with Crippen LogP contribution in [0.4, 0.5) is 9.18 Å². The van der Waals surface area contributed by atoms with Crippen LogP contribution in [0.2, 0.25) is 0 Å². The summed E-state index contributed by atoms with van der Waals surface area (Å²) in [6, 6.07) is 10.7. The van der Waals surface area contributed by atoms with E-state index in [-0.39, 0.29) is 24.2 Å². The largest absolute Gasteiger partial charge is 0.465 e. The van der Waals surface area contributed by atoms with Crippen LogP contribution in [0.1, 0.15) is 37.9 Å². The average molecular weight is 411 g/mol. The first-order valence-electron chi connectivity index (χ1n) is 9.80. The molecule has 1 saturated heterocycles. The number of hydrogen-bond acceptors (Lipinski definition) is 4. The second kappa shape index (κ2) is 7.87. The SMILES string of the molecule is Cc1cc(F)ccc1C1CN(CCN2C(=O)c3ccccc3C2=O)CCN1C(=O)O. The van der Waals surface area contributed by atoms with Crippen LogP contribution in [0.5, 0.6) is 0 Å². The molecule has 1 fully saturated rings. The molecule has 0 bridgehead atoms. The van der Waals surface area contributed by atoms with E-state index in [4.69, 9.17) is 0 Å². The summed E-state index contributed by atoms with van der Waals surface area (Å²) in [5.41, 5.74) is 2.27. The molecule has 0 saturated carbocycles. The predicted molar refractivity (Wildman–Crippen MR) is 107 cm³/mol. The summed E-state index contributed by atoms with van der Waals surface area (Å²) in [6.45, 7) is 3.62. The average Bonchev–Trinajstić information content (AvgIpc) is 2.96. The Morgan fingerprint density at radius 3 is 2.33 bits per heavy atom. The molecule has 2 aliphatic rings. The molecule has 1 atom stereocenters. The van der Waals surface area contributed by atoms with E-state index in [1.54, 1.807) is 37.3 Å². The van der Waals surface area contributed by atoms with Crippen LogP contribution in [-0.4, -0.2) is 70.4 Å². The molecule has 2 aliphatic heterocycles. The molecule has 0 aliphatic carbocycles. The Morgan fingerprint density at radius 2 is 1.73 bits per heavy atom. The molecule has 0 aromatic heterocycles. The number of rotatable bonds is 4. The number of carboxylic acid groups (broad SMARTS) is 1. The van der Waals surface area contributed by atoms with Crippen LogP contribution < -0.4 is 0 Å². The lowest BCUT2D eigenvalue weighted by Gasteiger charge is -2.41. The lowest BCUT2D eigenvalue weighted by atomic mass is 9.97. The first-order valence-corrected chi connectivity index (χ1v) is 9.80. The normalized spacial score (nSPS) is 19.3. The standard InChI is InChI=1S/C22H22FN3O4/c1-14-12-15(23)6-7-16(14)19-13-24(8-10-25(19)22(29)30)9-11-26-20(27)17-4-2-3-5-18(17)21(26)28/h2-7,12,19H,8-11,13H2,1H3,(H,29,30). The Kier molecular flexibility index (Phi) is 5.26. The minimum absolute atomic E-state index is 0.231. The van der Waals surface area contributed by atoms with Gasteiger partial charge in [-0.25, -0.2) is 9.18 Å². The Labute approximate surface area is 173 Å². The molecule has 1 unspecified atom stereocenters. The van der Waals surface area contributed by atoms with Gasteiger partial charge in [-0.2, -0.15) is 0 Å². The third-order valence-corrected chi connectivity index (χ3v) is 5.82. The van der Waals surface area contributed by atoms with Crippen LogP contribution >= 0.6 is 0 Å². The molecule has 1 N–H and O–H groups in total. The zero-order chi connectivity index (χ0) is 21.4. The fourth-order valence-electron chi connectivity index (χ4n) is 4.23. The number of carbonyl (C=O) groups excluding carboxylic acids is 2. The van der Waals surface area contributed by atoms with Crippen LogP contribution in [0, 0.1) is 12.7 Å². The Hall–Kier alpha value is -3.26. The number of piperazine rings is 1. The van der Waals surface area contributed by atoms with E-state index in [1.165, 1.54) is 21.9 Å². The summed E-state index contributed by atoms with van der Waals surface area (Å²) in [7, 11) is 0. The van der Waals surface area contributed by atoms with Gasteiger partial charge in [0.25, 0.3) is 11.8 Å². The summed E-state index contributed by atoms with van der Waals surface area (Å²) in [4.78, 5) is 41.5. The molecule has 0 radical (unpaired) electrons. The lowest BCUT2D eigenvalue weighted by Crippen LogP contribution is -2.52. The number of benzene rings is 2. The number of imide groups is 1. The molecule has 2 heterocycles. The highest BCUT2D eigenvalue weighted by molar-refractivity contribution is 6.21. The molecule has 0 spiro atoms. The topological polar surface area (TPSA) is 81.2 Å². The highest BCUT2D eigenvalue weighted by atomic mass is 19.1. The Balaban J connectivity index is 1.48. The van der Waals surface area contributed by atoms with Crippen LogP contribution in [0.3, 0.4) is 0 Å². The van der Waals surface area contributed by atoms with Gasteiger partial charge in [-0.1, -0.05) is 18.2 Å². The predicted octanol–water partition coefficient (Wildman–Crippen LogP) is 2.77. The highest BCUT2D eigenvalue weighted by Gasteiger charge is 2.36. The van der Waals surface area contributed by atoms with Crippen molar-refractivity contribution in [3.8, 4) is 0 Å². The van der Waals surface area contributed by atoms with E-state index in [0.29, 0.717) is 42.9 Å². The summed E-state index contributed by atoms with van der Waals surface area (Å²) < 4.78 is 13.5. The summed E-state index contributed by atoms with van der Waals surface area (Å²) in [5, 5.41) is 9.61. The smallest absolute Gasteiger partial charge is 0.407 e. The van der Waals surface area contributed by atoms with Crippen molar-refractivity contribution in [3.05, 3.63) is 70.5 Å². The minimum Gasteiger partial charge on any atom is -0.465 e. The first-order chi connectivity index (χ1) is 14.4. The summed E-state index contributed by atoms with van der Waals surface area (Å²) >= 11 is 0. The monoisotopic (exact) mass is 411 g/mol. The maximum atomic E-state index is 13.5. The second-order valence-corrected chi connectivity index (χ2v) is 7.60. The summed E-state index contributed by atoms with van der Waals surface area (Å²) in [6.07, 6.45) is -1.02. The fourth-order valence-corrected chi connectivity index (χ4v) is 4.23. The second-order valence-electron chi connectivity index (χ2n) is 7.60. The fraction of sp³-hybridized carbons (Fsp3) is 0.318. The van der Waals surface area contributed by atoms with Gasteiger partial charge in [-0.3, -0.25) is 24.3 Å². The number of aryl methyl sites for hydroxylation is 1. The molecule has 4 rings (SSSR count). The quantitative estimate of drug-likeness (QED) is 0.783. The van der Waals surface area contributed by atoms with Crippen molar-refractivity contribution >= 4 is 17.9 Å². The van der Waals surface area contributed by atoms with E-state index < -0.39 is 12.1 Å². The zero-order valence-corrected chi connectivity index (χ0v) is 16.5. The van der Waals surface area contributed by atoms with Gasteiger partial charge in [0, 0.05) is 32.7 Å². The van der Waals surface area contributed by atoms with Crippen LogP contribution in [0.15, 0.2) is 42.5 Å². The van der Waals surface area contributed by atoms with Gasteiger partial charge in [-0.05, 0) is 42.3 Å². The maximum absolute atomic E-state index is 13.5. The number of halogens is 1. The maximum Gasteiger partial charge on any atom is 0.407 e. The molecule has 8 heteroatoms. The molecule has 156 valence electrons. The first kappa shape index (κ1) is 20.0. The molecule has 2 aromatic carbocycles. The van der Waals surface area contributed by atoms with Crippen molar-refractivity contribution in [2.75, 3.05) is 32.7 Å². The molecule has 3 amide bonds. The third-order valence-electron chi connectivity index (χ3n) is 5.82. The number of nitrogens with zero attached hydrogens (tertiary/aromatic N) is 3. The van der Waals surface area contributed by atoms with Crippen molar-refractivity contribution in [2.45, 2.75) is 13.0 Å². The molecular weight excluding hydrogens is 389 g/mol. The van der Waals surface area contributed by atoms with Gasteiger partial charge in [0.15, 0.2) is 0 Å². The van der Waals surface area contributed by atoms with Crippen molar-refractivity contribution in [1.29, 1.82) is 0 Å². The van der Waals surface area contributed by atoms with E-state index in [2.05, 4.69) is 0 Å². The van der Waals surface area contributed by atoms with Gasteiger partial charge >= 0.3 is 6.09 Å². The Bertz CT molecular complexity index is 990. The van der Waals surface area contributed by atoms with Gasteiger partial charge in [0.1, 0.15) is 5.82 Å². The number of amides is 3. The Morgan fingerprint density at radius 1 is 1.07 bits per heavy atom. The zero-order valence-electron chi connectivity index (χ0n) is 16.5. The van der Waals surface area contributed by atoms with Crippen LogP contribution in [0.25, 0.3) is 0 Å². The summed E-state index contributed by atoms with van der Waals surface area (Å²) in [5.74, 6) is -0.965. The lowest BCUT2D eigenvalue weighted by molar-refractivity contribution is 0.0538. The van der Waals surface area contributed by atoms with E-state index in [9.17, 15) is 23.9 Å². The van der Waals surface area contributed by atoms with E-state index in [0.717, 1.165) is 5.56 Å². The molecular formula is C22H22FN3O4. The van der Waals surface area contributed by atoms with Gasteiger partial charge in [0.2, 0.25) is 0 Å². The van der Waals surface area contributed by atoms with Crippen molar-refractivity contribution in [1.82, 2.24) is 14.7 Å². The highest BCUT2D eigenvalue weighted by Crippen LogP contribution is 2.29. The molecule has 2 aromatic rings. The van der Waals surface area contributed by atoms with Crippen molar-refractivity contribution < 1.29 is 23.9 Å². The van der Waals surface area contributed by atoms with E-state index >= 15 is 0 Å². The van der Waals surface area contributed by atoms with E-state index in [1.807, 2.05) is 4.90 Å². The van der Waals surface area contributed by atoms with Gasteiger partial charge in [0.05, 0.1) is 17.2 Å². The molecule has 30 heavy (non-hydrogen) atoms. The third kappa shape index (κ3) is 3.54. The van der Waals surface area contributed by atoms with Crippen molar-refractivity contribution in [3.63, 3.8) is 0 Å². The number of fused-ring (bicyclic) bond motifs is 1.